The number of rotatable bonds is 5. The lowest BCUT2D eigenvalue weighted by molar-refractivity contribution is -0.143. The average Bonchev–Trinajstić information content (AvgIpc) is 2.75. The molecule has 0 aromatic heterocycles. The van der Waals surface area contributed by atoms with E-state index in [0.717, 1.165) is 0 Å². The molecule has 1 saturated heterocycles. The van der Waals surface area contributed by atoms with E-state index in [2.05, 4.69) is 0 Å². The van der Waals surface area contributed by atoms with Crippen LogP contribution >= 0.6 is 47.2 Å². The van der Waals surface area contributed by atoms with E-state index in [-0.39, 0.29) is 24.8 Å². The summed E-state index contributed by atoms with van der Waals surface area (Å²) in [5.41, 5.74) is 0.682. The fourth-order valence-corrected chi connectivity index (χ4v) is 3.65. The number of carbonyl (C=O) groups is 2. The lowest BCUT2D eigenvalue weighted by Gasteiger charge is -2.13. The Morgan fingerprint density at radius 2 is 2.17 bits per heavy atom. The molecule has 122 valence electrons. The number of ether oxygens (including phenoxy) is 1. The molecule has 1 heterocycles. The highest BCUT2D eigenvalue weighted by molar-refractivity contribution is 8.26. The van der Waals surface area contributed by atoms with Gasteiger partial charge in [-0.1, -0.05) is 53.2 Å². The maximum Gasteiger partial charge on any atom is 0.307 e. The zero-order valence-electron chi connectivity index (χ0n) is 12.2. The topological polar surface area (TPSA) is 46.6 Å². The van der Waals surface area contributed by atoms with E-state index in [0.29, 0.717) is 31.4 Å². The molecule has 1 aliphatic rings. The Kier molecular flexibility index (Phi) is 6.47. The first-order chi connectivity index (χ1) is 10.9. The zero-order chi connectivity index (χ0) is 17.0. The molecule has 1 aliphatic heterocycles. The lowest BCUT2D eigenvalue weighted by Crippen LogP contribution is -2.30. The van der Waals surface area contributed by atoms with Gasteiger partial charge in [-0.05, 0) is 30.7 Å². The van der Waals surface area contributed by atoms with Gasteiger partial charge in [0.05, 0.1) is 17.9 Å². The number of carbonyl (C=O) groups excluding carboxylic acids is 2. The van der Waals surface area contributed by atoms with Crippen LogP contribution in [0.2, 0.25) is 10.0 Å². The second kappa shape index (κ2) is 8.15. The quantitative estimate of drug-likeness (QED) is 0.430. The summed E-state index contributed by atoms with van der Waals surface area (Å²) in [6, 6.07) is 5.03. The number of halogens is 2. The van der Waals surface area contributed by atoms with Crippen LogP contribution < -0.4 is 0 Å². The predicted molar refractivity (Wildman–Crippen MR) is 97.6 cm³/mol. The van der Waals surface area contributed by atoms with E-state index in [1.807, 2.05) is 0 Å². The Balaban J connectivity index is 2.11. The summed E-state index contributed by atoms with van der Waals surface area (Å²) in [6.45, 7) is 2.25. The van der Waals surface area contributed by atoms with Crippen LogP contribution in [0.1, 0.15) is 18.9 Å². The molecule has 2 rings (SSSR count). The molecule has 0 saturated carbocycles. The molecular formula is C15H13Cl2NO3S2. The molecule has 0 N–H and O–H groups in total. The molecule has 4 nitrogen and oxygen atoms in total. The van der Waals surface area contributed by atoms with Crippen LogP contribution in [0.4, 0.5) is 0 Å². The summed E-state index contributed by atoms with van der Waals surface area (Å²) in [6.07, 6.45) is 1.78. The maximum absolute atomic E-state index is 12.4. The van der Waals surface area contributed by atoms with E-state index >= 15 is 0 Å². The number of nitrogens with zero attached hydrogens (tertiary/aromatic N) is 1. The van der Waals surface area contributed by atoms with Crippen LogP contribution in [0.5, 0.6) is 0 Å². The van der Waals surface area contributed by atoms with E-state index in [4.69, 9.17) is 40.2 Å². The number of thioether (sulfide) groups is 1. The zero-order valence-corrected chi connectivity index (χ0v) is 15.3. The van der Waals surface area contributed by atoms with Crippen molar-refractivity contribution in [1.82, 2.24) is 4.90 Å². The van der Waals surface area contributed by atoms with Gasteiger partial charge in [-0.25, -0.2) is 0 Å². The number of hydrogen-bond donors (Lipinski definition) is 0. The van der Waals surface area contributed by atoms with Gasteiger partial charge < -0.3 is 4.74 Å². The molecule has 0 aliphatic carbocycles. The van der Waals surface area contributed by atoms with Crippen molar-refractivity contribution in [2.45, 2.75) is 13.3 Å². The van der Waals surface area contributed by atoms with Gasteiger partial charge in [0, 0.05) is 16.6 Å². The number of thiocarbonyl (C=S) groups is 1. The van der Waals surface area contributed by atoms with Crippen LogP contribution in [0.25, 0.3) is 6.08 Å². The second-order valence-corrected chi connectivity index (χ2v) is 7.07. The van der Waals surface area contributed by atoms with E-state index in [9.17, 15) is 9.59 Å². The van der Waals surface area contributed by atoms with Crippen LogP contribution in [0, 0.1) is 0 Å². The van der Waals surface area contributed by atoms with Gasteiger partial charge in [-0.15, -0.1) is 0 Å². The molecule has 1 fully saturated rings. The van der Waals surface area contributed by atoms with Gasteiger partial charge in [0.1, 0.15) is 4.32 Å². The van der Waals surface area contributed by atoms with Gasteiger partial charge >= 0.3 is 5.97 Å². The molecule has 0 atom stereocenters. The second-order valence-electron chi connectivity index (χ2n) is 4.55. The molecular weight excluding hydrogens is 377 g/mol. The van der Waals surface area contributed by atoms with Gasteiger partial charge in [-0.3, -0.25) is 14.5 Å². The SMILES string of the molecule is CCOC(=O)CCN1C(=O)/C(=C/c2ccc(Cl)cc2Cl)SC1=S. The van der Waals surface area contributed by atoms with Crippen molar-refractivity contribution in [3.05, 3.63) is 38.7 Å². The standard InChI is InChI=1S/C15H13Cl2NO3S2/c1-2-21-13(19)5-6-18-14(20)12(23-15(18)22)7-9-3-4-10(16)8-11(9)17/h3-4,7-8H,2,5-6H2,1H3/b12-7-. The Bertz CT molecular complexity index is 691. The van der Waals surface area contributed by atoms with E-state index < -0.39 is 0 Å². The number of benzene rings is 1. The maximum atomic E-state index is 12.4. The normalized spacial score (nSPS) is 16.3. The number of esters is 1. The van der Waals surface area contributed by atoms with Crippen LogP contribution in [-0.2, 0) is 14.3 Å². The molecule has 0 bridgehead atoms. The molecule has 0 radical (unpaired) electrons. The number of amides is 1. The minimum absolute atomic E-state index is 0.106. The Morgan fingerprint density at radius 3 is 2.83 bits per heavy atom. The average molecular weight is 390 g/mol. The molecule has 1 amide bonds. The molecule has 0 spiro atoms. The largest absolute Gasteiger partial charge is 0.466 e. The third-order valence-electron chi connectivity index (χ3n) is 2.97. The smallest absolute Gasteiger partial charge is 0.307 e. The first-order valence-corrected chi connectivity index (χ1v) is 8.76. The van der Waals surface area contributed by atoms with Crippen molar-refractivity contribution in [2.24, 2.45) is 0 Å². The van der Waals surface area contributed by atoms with Crippen molar-refractivity contribution in [3.63, 3.8) is 0 Å². The molecule has 1 aromatic carbocycles. The van der Waals surface area contributed by atoms with Crippen molar-refractivity contribution in [3.8, 4) is 0 Å². The fraction of sp³-hybridized carbons (Fsp3) is 0.267. The highest BCUT2D eigenvalue weighted by Crippen LogP contribution is 2.34. The number of hydrogen-bond acceptors (Lipinski definition) is 5. The van der Waals surface area contributed by atoms with Gasteiger partial charge in [0.25, 0.3) is 5.91 Å². The summed E-state index contributed by atoms with van der Waals surface area (Å²) in [4.78, 5) is 25.7. The Hall–Kier alpha value is -1.08. The minimum Gasteiger partial charge on any atom is -0.466 e. The van der Waals surface area contributed by atoms with Crippen molar-refractivity contribution < 1.29 is 14.3 Å². The van der Waals surface area contributed by atoms with Crippen LogP contribution in [0.15, 0.2) is 23.1 Å². The summed E-state index contributed by atoms with van der Waals surface area (Å²) >= 11 is 18.3. The minimum atomic E-state index is -0.355. The van der Waals surface area contributed by atoms with Crippen molar-refractivity contribution in [2.75, 3.05) is 13.2 Å². The predicted octanol–water partition coefficient (Wildman–Crippen LogP) is 4.15. The third kappa shape index (κ3) is 4.70. The fourth-order valence-electron chi connectivity index (χ4n) is 1.89. The summed E-state index contributed by atoms with van der Waals surface area (Å²) in [7, 11) is 0. The van der Waals surface area contributed by atoms with Gasteiger partial charge in [0.2, 0.25) is 0 Å². The van der Waals surface area contributed by atoms with Crippen molar-refractivity contribution >= 4 is 69.5 Å². The monoisotopic (exact) mass is 389 g/mol. The van der Waals surface area contributed by atoms with Gasteiger partial charge in [0.15, 0.2) is 0 Å². The van der Waals surface area contributed by atoms with E-state index in [1.165, 1.54) is 16.7 Å². The van der Waals surface area contributed by atoms with Crippen molar-refractivity contribution in [1.29, 1.82) is 0 Å². The molecule has 1 aromatic rings. The molecule has 23 heavy (non-hydrogen) atoms. The molecule has 0 unspecified atom stereocenters. The summed E-state index contributed by atoms with van der Waals surface area (Å²) in [5.74, 6) is -0.596. The lowest BCUT2D eigenvalue weighted by atomic mass is 10.2. The highest BCUT2D eigenvalue weighted by Gasteiger charge is 2.32. The summed E-state index contributed by atoms with van der Waals surface area (Å²) < 4.78 is 5.26. The summed E-state index contributed by atoms with van der Waals surface area (Å²) in [5, 5.41) is 0.975. The van der Waals surface area contributed by atoms with Crippen LogP contribution in [-0.4, -0.2) is 34.2 Å². The highest BCUT2D eigenvalue weighted by atomic mass is 35.5. The van der Waals surface area contributed by atoms with Gasteiger partial charge in [-0.2, -0.15) is 0 Å². The Morgan fingerprint density at radius 1 is 1.43 bits per heavy atom. The third-order valence-corrected chi connectivity index (χ3v) is 4.91. The first-order valence-electron chi connectivity index (χ1n) is 6.78. The van der Waals surface area contributed by atoms with Crippen LogP contribution in [0.3, 0.4) is 0 Å². The molecule has 8 heteroatoms. The Labute approximate surface area is 153 Å². The van der Waals surface area contributed by atoms with E-state index in [1.54, 1.807) is 31.2 Å². The first kappa shape index (κ1) is 18.3.